The molecule has 1 N–H and O–H groups in total. The number of rotatable bonds is 8. The lowest BCUT2D eigenvalue weighted by Crippen LogP contribution is -2.47. The maximum absolute atomic E-state index is 13.9. The van der Waals surface area contributed by atoms with Crippen molar-refractivity contribution in [1.82, 2.24) is 20.2 Å². The molecule has 2 fully saturated rings. The van der Waals surface area contributed by atoms with Gasteiger partial charge in [-0.25, -0.2) is 4.98 Å². The van der Waals surface area contributed by atoms with E-state index in [2.05, 4.69) is 15.4 Å². The van der Waals surface area contributed by atoms with E-state index in [0.29, 0.717) is 29.0 Å². The average molecular weight is 563 g/mol. The Morgan fingerprint density at radius 1 is 1.17 bits per heavy atom. The minimum absolute atomic E-state index is 0.0445. The number of nitrogens with one attached hydrogen (secondary N) is 1. The number of likely N-dealkylation sites (tertiary alicyclic amines) is 1. The maximum Gasteiger partial charge on any atom is 0.410 e. The molecule has 1 aliphatic carbocycles. The predicted octanol–water partition coefficient (Wildman–Crippen LogP) is 2.26. The first-order chi connectivity index (χ1) is 19.2. The standard InChI is InChI=1S/C26H27B3F3N5O4/c1-13-11-33-24(40-13)23(39)34-17-8-9-36(22(17)16-4-3-5-19(14(16)2)41-26(27,28)29)21(38)12-37-20(25(30,31)32)10-18(35-37)15-6-7-15/h3-5,11,15,17,20,22H,6-10,12H2,1-2H3,(H,34,39). The number of hydrazone groups is 1. The minimum atomic E-state index is -4.54. The first-order valence-electron chi connectivity index (χ1n) is 13.3. The molecular weight excluding hydrogens is 536 g/mol. The van der Waals surface area contributed by atoms with E-state index in [4.69, 9.17) is 32.7 Å². The van der Waals surface area contributed by atoms with Crippen LogP contribution in [0, 0.1) is 19.8 Å². The molecule has 210 valence electrons. The van der Waals surface area contributed by atoms with Crippen molar-refractivity contribution in [1.29, 1.82) is 0 Å². The highest BCUT2D eigenvalue weighted by Gasteiger charge is 2.51. The molecule has 41 heavy (non-hydrogen) atoms. The highest BCUT2D eigenvalue weighted by atomic mass is 19.4. The van der Waals surface area contributed by atoms with Crippen LogP contribution in [0.25, 0.3) is 0 Å². The molecule has 0 spiro atoms. The van der Waals surface area contributed by atoms with E-state index in [1.54, 1.807) is 32.0 Å². The Morgan fingerprint density at radius 2 is 1.90 bits per heavy atom. The molecule has 1 saturated heterocycles. The van der Waals surface area contributed by atoms with E-state index in [1.807, 2.05) is 0 Å². The minimum Gasteiger partial charge on any atom is -0.516 e. The summed E-state index contributed by atoms with van der Waals surface area (Å²) in [6, 6.07) is 1.71. The van der Waals surface area contributed by atoms with Gasteiger partial charge in [0.1, 0.15) is 47.6 Å². The number of benzene rings is 1. The van der Waals surface area contributed by atoms with Gasteiger partial charge < -0.3 is 19.4 Å². The summed E-state index contributed by atoms with van der Waals surface area (Å²) in [4.78, 5) is 32.1. The van der Waals surface area contributed by atoms with Crippen LogP contribution in [-0.2, 0) is 4.79 Å². The number of oxazole rings is 1. The van der Waals surface area contributed by atoms with Crippen molar-refractivity contribution in [3.63, 3.8) is 0 Å². The third kappa shape index (κ3) is 6.43. The fourth-order valence-electron chi connectivity index (χ4n) is 5.45. The molecule has 3 unspecified atom stereocenters. The monoisotopic (exact) mass is 563 g/mol. The van der Waals surface area contributed by atoms with Crippen LogP contribution in [0.15, 0.2) is 33.9 Å². The lowest BCUT2D eigenvalue weighted by molar-refractivity contribution is -0.180. The van der Waals surface area contributed by atoms with E-state index in [-0.39, 0.29) is 30.5 Å². The largest absolute Gasteiger partial charge is 0.516 e. The second-order valence-electron chi connectivity index (χ2n) is 10.8. The summed E-state index contributed by atoms with van der Waals surface area (Å²) in [5.74, 6) is -0.564. The Kier molecular flexibility index (Phi) is 7.67. The Bertz CT molecular complexity index is 1360. The number of aromatic nitrogens is 1. The summed E-state index contributed by atoms with van der Waals surface area (Å²) in [6.07, 6.45) is -1.45. The van der Waals surface area contributed by atoms with Gasteiger partial charge >= 0.3 is 12.1 Å². The van der Waals surface area contributed by atoms with Gasteiger partial charge in [-0.05, 0) is 61.5 Å². The highest BCUT2D eigenvalue weighted by molar-refractivity contribution is 6.58. The van der Waals surface area contributed by atoms with Gasteiger partial charge in [-0.15, -0.1) is 0 Å². The van der Waals surface area contributed by atoms with Crippen LogP contribution in [0.5, 0.6) is 5.75 Å². The summed E-state index contributed by atoms with van der Waals surface area (Å²) >= 11 is 0. The highest BCUT2D eigenvalue weighted by Crippen LogP contribution is 2.41. The average Bonchev–Trinajstić information content (AvgIpc) is 3.26. The molecule has 2 aromatic rings. The Morgan fingerprint density at radius 3 is 2.51 bits per heavy atom. The molecule has 1 aromatic heterocycles. The smallest absolute Gasteiger partial charge is 0.410 e. The van der Waals surface area contributed by atoms with Crippen LogP contribution in [0.1, 0.15) is 59.3 Å². The van der Waals surface area contributed by atoms with Crippen LogP contribution >= 0.6 is 0 Å². The summed E-state index contributed by atoms with van der Waals surface area (Å²) in [5.41, 5.74) is 1.60. The number of hydrogen-bond acceptors (Lipinski definition) is 7. The van der Waals surface area contributed by atoms with Gasteiger partial charge in [0.15, 0.2) is 0 Å². The molecular formula is C26H27B3F3N5O4. The van der Waals surface area contributed by atoms with E-state index in [9.17, 15) is 22.8 Å². The quantitative estimate of drug-likeness (QED) is 0.496. The van der Waals surface area contributed by atoms with Gasteiger partial charge in [0, 0.05) is 18.7 Å². The fraction of sp³-hybridized carbons (Fsp3) is 0.538. The van der Waals surface area contributed by atoms with Crippen molar-refractivity contribution in [2.24, 2.45) is 11.0 Å². The summed E-state index contributed by atoms with van der Waals surface area (Å²) in [7, 11) is 16.9. The zero-order valence-corrected chi connectivity index (χ0v) is 22.6. The van der Waals surface area contributed by atoms with Crippen molar-refractivity contribution in [3.05, 3.63) is 47.2 Å². The van der Waals surface area contributed by atoms with Crippen LogP contribution < -0.4 is 10.1 Å². The van der Waals surface area contributed by atoms with Gasteiger partial charge in [0.2, 0.25) is 5.91 Å². The number of alkyl halides is 3. The molecule has 3 heterocycles. The molecule has 2 aliphatic heterocycles. The zero-order chi connectivity index (χ0) is 29.7. The normalized spacial score (nSPS) is 23.0. The molecule has 15 heteroatoms. The fourth-order valence-corrected chi connectivity index (χ4v) is 5.45. The number of amides is 2. The van der Waals surface area contributed by atoms with Gasteiger partial charge in [-0.2, -0.15) is 18.3 Å². The Balaban J connectivity index is 1.44. The topological polar surface area (TPSA) is 100 Å². The van der Waals surface area contributed by atoms with Crippen LogP contribution in [-0.4, -0.2) is 92.6 Å². The van der Waals surface area contributed by atoms with Gasteiger partial charge in [-0.3, -0.25) is 14.6 Å². The maximum atomic E-state index is 13.9. The van der Waals surface area contributed by atoms with Crippen molar-refractivity contribution < 1.29 is 31.9 Å². The number of aryl methyl sites for hydroxylation is 1. The summed E-state index contributed by atoms with van der Waals surface area (Å²) < 4.78 is 52.5. The molecule has 6 radical (unpaired) electrons. The molecule has 3 atom stereocenters. The Hall–Kier alpha value is -3.38. The van der Waals surface area contributed by atoms with Crippen molar-refractivity contribution in [3.8, 4) is 5.75 Å². The van der Waals surface area contributed by atoms with E-state index in [0.717, 1.165) is 17.9 Å². The number of ether oxygens (including phenoxy) is 1. The lowest BCUT2D eigenvalue weighted by atomic mass is 9.52. The van der Waals surface area contributed by atoms with Crippen LogP contribution in [0.3, 0.4) is 0 Å². The predicted molar refractivity (Wildman–Crippen MR) is 145 cm³/mol. The van der Waals surface area contributed by atoms with Gasteiger partial charge in [0.25, 0.3) is 5.89 Å². The first-order valence-corrected chi connectivity index (χ1v) is 13.3. The number of carbonyl (C=O) groups is 2. The number of nitrogens with zero attached hydrogens (tertiary/aromatic N) is 4. The Labute approximate surface area is 239 Å². The second-order valence-corrected chi connectivity index (χ2v) is 10.8. The molecule has 3 aliphatic rings. The zero-order valence-electron chi connectivity index (χ0n) is 22.6. The number of carbonyl (C=O) groups excluding carboxylic acids is 2. The molecule has 9 nitrogen and oxygen atoms in total. The van der Waals surface area contributed by atoms with E-state index in [1.165, 1.54) is 11.1 Å². The molecule has 2 amide bonds. The third-order valence-corrected chi connectivity index (χ3v) is 7.52. The molecule has 1 aromatic carbocycles. The van der Waals surface area contributed by atoms with Crippen LogP contribution in [0.2, 0.25) is 0 Å². The number of halogens is 3. The van der Waals surface area contributed by atoms with Crippen LogP contribution in [0.4, 0.5) is 13.2 Å². The molecule has 5 rings (SSSR count). The van der Waals surface area contributed by atoms with E-state index >= 15 is 0 Å². The SMILES string of the molecule is [B]C([B])([B])Oc1cccc(C2C(NC(=O)c3ncc(C)o3)CCN2C(=O)CN2N=C(C3CC3)CC2C(F)(F)F)c1C. The van der Waals surface area contributed by atoms with Crippen molar-refractivity contribution >= 4 is 41.1 Å². The van der Waals surface area contributed by atoms with Crippen molar-refractivity contribution in [2.75, 3.05) is 13.1 Å². The van der Waals surface area contributed by atoms with Crippen molar-refractivity contribution in [2.45, 2.75) is 69.1 Å². The summed E-state index contributed by atoms with van der Waals surface area (Å²) in [6.45, 7) is 2.96. The first kappa shape index (κ1) is 29.1. The van der Waals surface area contributed by atoms with Gasteiger partial charge in [0.05, 0.1) is 18.3 Å². The summed E-state index contributed by atoms with van der Waals surface area (Å²) in [5, 5.41) is 5.96. The molecule has 1 saturated carbocycles. The number of hydrogen-bond donors (Lipinski definition) is 1. The third-order valence-electron chi connectivity index (χ3n) is 7.52. The lowest BCUT2D eigenvalue weighted by Gasteiger charge is -2.33. The van der Waals surface area contributed by atoms with Gasteiger partial charge in [-0.1, -0.05) is 12.1 Å². The molecule has 0 bridgehead atoms. The second kappa shape index (κ2) is 10.8. The van der Waals surface area contributed by atoms with E-state index < -0.39 is 48.0 Å².